The zero-order chi connectivity index (χ0) is 14.3. The minimum Gasteiger partial charge on any atom is -0.345 e. The van der Waals surface area contributed by atoms with E-state index < -0.39 is 10.0 Å². The van der Waals surface area contributed by atoms with Crippen molar-refractivity contribution in [2.24, 2.45) is 11.7 Å². The number of nitrogens with zero attached hydrogens (tertiary/aromatic N) is 2. The number of rotatable bonds is 3. The van der Waals surface area contributed by atoms with E-state index in [1.807, 2.05) is 6.92 Å². The number of halogens is 1. The number of sulfonamides is 1. The van der Waals surface area contributed by atoms with Gasteiger partial charge in [-0.3, -0.25) is 0 Å². The van der Waals surface area contributed by atoms with Crippen molar-refractivity contribution in [3.05, 3.63) is 24.5 Å². The summed E-state index contributed by atoms with van der Waals surface area (Å²) in [5.74, 6) is 0.230. The number of nitrogens with two attached hydrogens (primary N) is 1. The van der Waals surface area contributed by atoms with Gasteiger partial charge >= 0.3 is 0 Å². The largest absolute Gasteiger partial charge is 0.345 e. The van der Waals surface area contributed by atoms with E-state index >= 15 is 0 Å². The van der Waals surface area contributed by atoms with Crippen LogP contribution in [0.1, 0.15) is 13.3 Å². The van der Waals surface area contributed by atoms with Crippen molar-refractivity contribution in [2.45, 2.75) is 24.3 Å². The van der Waals surface area contributed by atoms with Gasteiger partial charge < -0.3 is 10.7 Å². The Morgan fingerprint density at radius 2 is 2.29 bits per heavy atom. The molecule has 2 atom stereocenters. The number of pyridine rings is 1. The smallest absolute Gasteiger partial charge is 0.245 e. The van der Waals surface area contributed by atoms with E-state index in [-0.39, 0.29) is 24.4 Å². The standard InChI is InChI=1S/C13H18N4O2S.ClH/c1-9(14)10-4-6-17(8-10)20(18,19)12-7-16-13-11(12)3-2-5-15-13;/h2-3,5,7,9-10H,4,6,8,14H2,1H3,(H,15,16);1H. The van der Waals surface area contributed by atoms with Crippen LogP contribution in [0.3, 0.4) is 0 Å². The second kappa shape index (κ2) is 5.92. The Balaban J connectivity index is 0.00000161. The molecule has 0 bridgehead atoms. The lowest BCUT2D eigenvalue weighted by molar-refractivity contribution is 0.429. The van der Waals surface area contributed by atoms with Gasteiger partial charge in [0.1, 0.15) is 10.5 Å². The molecule has 0 spiro atoms. The number of aromatic amines is 1. The molecule has 1 aliphatic heterocycles. The van der Waals surface area contributed by atoms with Crippen LogP contribution in [0, 0.1) is 5.92 Å². The highest BCUT2D eigenvalue weighted by Crippen LogP contribution is 2.29. The summed E-state index contributed by atoms with van der Waals surface area (Å²) in [7, 11) is -3.48. The Labute approximate surface area is 130 Å². The molecule has 21 heavy (non-hydrogen) atoms. The predicted octanol–water partition coefficient (Wildman–Crippen LogP) is 1.34. The van der Waals surface area contributed by atoms with Gasteiger partial charge in [0, 0.05) is 36.9 Å². The topological polar surface area (TPSA) is 92.1 Å². The summed E-state index contributed by atoms with van der Waals surface area (Å²) in [4.78, 5) is 7.33. The van der Waals surface area contributed by atoms with Crippen molar-refractivity contribution in [3.63, 3.8) is 0 Å². The molecule has 116 valence electrons. The summed E-state index contributed by atoms with van der Waals surface area (Å²) in [5, 5.41) is 0.636. The van der Waals surface area contributed by atoms with E-state index in [2.05, 4.69) is 9.97 Å². The first-order chi connectivity index (χ1) is 9.50. The molecule has 6 nitrogen and oxygen atoms in total. The normalized spacial score (nSPS) is 21.3. The molecule has 1 aliphatic rings. The van der Waals surface area contributed by atoms with Crippen molar-refractivity contribution in [2.75, 3.05) is 13.1 Å². The monoisotopic (exact) mass is 330 g/mol. The van der Waals surface area contributed by atoms with Crippen LogP contribution in [-0.2, 0) is 10.0 Å². The molecule has 0 aliphatic carbocycles. The molecular formula is C13H19ClN4O2S. The van der Waals surface area contributed by atoms with Crippen LogP contribution in [0.5, 0.6) is 0 Å². The Kier molecular flexibility index (Phi) is 4.57. The fourth-order valence-corrected chi connectivity index (χ4v) is 4.35. The molecule has 3 heterocycles. The van der Waals surface area contributed by atoms with Crippen LogP contribution in [0.4, 0.5) is 0 Å². The van der Waals surface area contributed by atoms with E-state index in [1.54, 1.807) is 18.3 Å². The quantitative estimate of drug-likeness (QED) is 0.888. The fourth-order valence-electron chi connectivity index (χ4n) is 2.68. The Bertz CT molecular complexity index is 729. The number of hydrogen-bond donors (Lipinski definition) is 2. The summed E-state index contributed by atoms with van der Waals surface area (Å²) in [6.45, 7) is 2.95. The Hall–Kier alpha value is -1.15. The number of hydrogen-bond acceptors (Lipinski definition) is 4. The van der Waals surface area contributed by atoms with Crippen LogP contribution in [0.2, 0.25) is 0 Å². The van der Waals surface area contributed by atoms with E-state index in [0.717, 1.165) is 6.42 Å². The van der Waals surface area contributed by atoms with Crippen molar-refractivity contribution in [3.8, 4) is 0 Å². The predicted molar refractivity (Wildman–Crippen MR) is 83.9 cm³/mol. The third-order valence-corrected chi connectivity index (χ3v) is 5.87. The SMILES string of the molecule is CC(N)C1CCN(S(=O)(=O)c2c[nH]c3ncccc23)C1.Cl. The Morgan fingerprint density at radius 3 is 2.95 bits per heavy atom. The molecule has 2 aromatic heterocycles. The molecule has 3 rings (SSSR count). The molecular weight excluding hydrogens is 312 g/mol. The molecule has 2 aromatic rings. The summed E-state index contributed by atoms with van der Waals surface area (Å²) in [6, 6.07) is 3.52. The molecule has 1 saturated heterocycles. The van der Waals surface area contributed by atoms with Gasteiger partial charge in [-0.1, -0.05) is 0 Å². The molecule has 3 N–H and O–H groups in total. The zero-order valence-electron chi connectivity index (χ0n) is 11.7. The van der Waals surface area contributed by atoms with Gasteiger partial charge in [0.2, 0.25) is 10.0 Å². The van der Waals surface area contributed by atoms with Crippen LogP contribution in [0.15, 0.2) is 29.4 Å². The maximum atomic E-state index is 12.7. The first-order valence-electron chi connectivity index (χ1n) is 6.68. The minimum absolute atomic E-state index is 0. The summed E-state index contributed by atoms with van der Waals surface area (Å²) >= 11 is 0. The van der Waals surface area contributed by atoms with Crippen LogP contribution in [-0.4, -0.2) is 41.8 Å². The third kappa shape index (κ3) is 2.78. The second-order valence-corrected chi connectivity index (χ2v) is 7.23. The Morgan fingerprint density at radius 1 is 1.52 bits per heavy atom. The molecule has 0 radical (unpaired) electrons. The summed E-state index contributed by atoms with van der Waals surface area (Å²) in [5.41, 5.74) is 6.47. The molecule has 2 unspecified atom stereocenters. The van der Waals surface area contributed by atoms with Crippen molar-refractivity contribution in [1.82, 2.24) is 14.3 Å². The molecule has 0 aromatic carbocycles. The van der Waals surface area contributed by atoms with Gasteiger partial charge in [-0.2, -0.15) is 4.31 Å². The average molecular weight is 331 g/mol. The minimum atomic E-state index is -3.48. The summed E-state index contributed by atoms with van der Waals surface area (Å²) < 4.78 is 27.0. The zero-order valence-corrected chi connectivity index (χ0v) is 13.3. The molecule has 1 fully saturated rings. The van der Waals surface area contributed by atoms with Crippen molar-refractivity contribution in [1.29, 1.82) is 0 Å². The highest BCUT2D eigenvalue weighted by atomic mass is 35.5. The van der Waals surface area contributed by atoms with E-state index in [9.17, 15) is 8.42 Å². The van der Waals surface area contributed by atoms with E-state index in [1.165, 1.54) is 10.5 Å². The number of H-pyrrole nitrogens is 1. The lowest BCUT2D eigenvalue weighted by Crippen LogP contribution is -2.33. The van der Waals surface area contributed by atoms with Gasteiger partial charge in [0.15, 0.2) is 0 Å². The lowest BCUT2D eigenvalue weighted by atomic mass is 10.0. The molecule has 0 saturated carbocycles. The van der Waals surface area contributed by atoms with Gasteiger partial charge in [0.05, 0.1) is 0 Å². The van der Waals surface area contributed by atoms with Gasteiger partial charge in [0.25, 0.3) is 0 Å². The number of fused-ring (bicyclic) bond motifs is 1. The number of nitrogens with one attached hydrogen (secondary N) is 1. The maximum absolute atomic E-state index is 12.7. The van der Waals surface area contributed by atoms with Crippen LogP contribution >= 0.6 is 12.4 Å². The van der Waals surface area contributed by atoms with E-state index in [0.29, 0.717) is 29.0 Å². The fraction of sp³-hybridized carbons (Fsp3) is 0.462. The van der Waals surface area contributed by atoms with Crippen LogP contribution in [0.25, 0.3) is 11.0 Å². The van der Waals surface area contributed by atoms with Crippen molar-refractivity contribution < 1.29 is 8.42 Å². The maximum Gasteiger partial charge on any atom is 0.245 e. The van der Waals surface area contributed by atoms with Gasteiger partial charge in [-0.05, 0) is 31.4 Å². The van der Waals surface area contributed by atoms with Gasteiger partial charge in [-0.25, -0.2) is 13.4 Å². The summed E-state index contributed by atoms with van der Waals surface area (Å²) in [6.07, 6.45) is 3.97. The van der Waals surface area contributed by atoms with E-state index in [4.69, 9.17) is 5.73 Å². The highest BCUT2D eigenvalue weighted by molar-refractivity contribution is 7.89. The van der Waals surface area contributed by atoms with Crippen molar-refractivity contribution >= 4 is 33.5 Å². The highest BCUT2D eigenvalue weighted by Gasteiger charge is 2.35. The first kappa shape index (κ1) is 16.2. The second-order valence-electron chi connectivity index (χ2n) is 5.32. The number of aromatic nitrogens is 2. The third-order valence-electron chi connectivity index (χ3n) is 3.96. The lowest BCUT2D eigenvalue weighted by Gasteiger charge is -2.17. The van der Waals surface area contributed by atoms with Crippen LogP contribution < -0.4 is 5.73 Å². The van der Waals surface area contributed by atoms with Gasteiger partial charge in [-0.15, -0.1) is 12.4 Å². The average Bonchev–Trinajstić information content (AvgIpc) is 3.06. The first-order valence-corrected chi connectivity index (χ1v) is 8.12. The molecule has 8 heteroatoms. The molecule has 0 amide bonds.